The molecule has 0 atom stereocenters. The van der Waals surface area contributed by atoms with Gasteiger partial charge >= 0.3 is 6.18 Å². The molecule has 0 aliphatic carbocycles. The number of halogens is 5. The van der Waals surface area contributed by atoms with Crippen LogP contribution in [0.1, 0.15) is 15.9 Å². The Hall–Kier alpha value is -2.80. The molecule has 0 aliphatic heterocycles. The molecular formula is C18H11ClF4N2O. The number of alkyl halides is 3. The largest absolute Gasteiger partial charge is 0.418 e. The molecule has 1 aromatic heterocycles. The number of nitrogens with one attached hydrogen (secondary N) is 2. The first-order valence-corrected chi connectivity index (χ1v) is 7.75. The van der Waals surface area contributed by atoms with E-state index in [9.17, 15) is 22.4 Å². The van der Waals surface area contributed by atoms with Crippen LogP contribution in [-0.4, -0.2) is 10.9 Å². The fourth-order valence-corrected chi connectivity index (χ4v) is 2.60. The van der Waals surface area contributed by atoms with Crippen LogP contribution in [0.25, 0.3) is 11.1 Å². The molecule has 3 aromatic rings. The van der Waals surface area contributed by atoms with Crippen molar-refractivity contribution in [2.75, 3.05) is 5.32 Å². The zero-order chi connectivity index (χ0) is 18.9. The molecule has 2 aromatic carbocycles. The van der Waals surface area contributed by atoms with Crippen LogP contribution in [0.3, 0.4) is 0 Å². The second kappa shape index (κ2) is 6.84. The Bertz CT molecular complexity index is 966. The van der Waals surface area contributed by atoms with Crippen LogP contribution in [0.15, 0.2) is 54.9 Å². The zero-order valence-electron chi connectivity index (χ0n) is 13.0. The maximum absolute atomic E-state index is 13.7. The lowest BCUT2D eigenvalue weighted by Gasteiger charge is -2.13. The van der Waals surface area contributed by atoms with Gasteiger partial charge in [0.05, 0.1) is 16.1 Å². The molecule has 0 radical (unpaired) electrons. The SMILES string of the molecule is O=C(Nc1ccccc1-c1ccc(Cl)c(F)c1)c1c[nH]cc1C(F)(F)F. The average Bonchev–Trinajstić information content (AvgIpc) is 3.08. The summed E-state index contributed by atoms with van der Waals surface area (Å²) in [5.74, 6) is -1.57. The molecule has 134 valence electrons. The molecular weight excluding hydrogens is 372 g/mol. The van der Waals surface area contributed by atoms with Gasteiger partial charge in [0, 0.05) is 23.6 Å². The molecule has 3 nitrogen and oxygen atoms in total. The van der Waals surface area contributed by atoms with E-state index >= 15 is 0 Å². The maximum Gasteiger partial charge on any atom is 0.418 e. The number of benzene rings is 2. The number of hydrogen-bond donors (Lipinski definition) is 2. The van der Waals surface area contributed by atoms with Gasteiger partial charge in [-0.1, -0.05) is 35.9 Å². The van der Waals surface area contributed by atoms with Gasteiger partial charge in [-0.25, -0.2) is 4.39 Å². The summed E-state index contributed by atoms with van der Waals surface area (Å²) < 4.78 is 52.6. The minimum Gasteiger partial charge on any atom is -0.366 e. The quantitative estimate of drug-likeness (QED) is 0.557. The number of amides is 1. The summed E-state index contributed by atoms with van der Waals surface area (Å²) in [7, 11) is 0. The first-order valence-electron chi connectivity index (χ1n) is 7.37. The smallest absolute Gasteiger partial charge is 0.366 e. The molecule has 0 bridgehead atoms. The summed E-state index contributed by atoms with van der Waals surface area (Å²) in [6, 6.07) is 10.5. The van der Waals surface area contributed by atoms with Crippen molar-refractivity contribution in [3.63, 3.8) is 0 Å². The van der Waals surface area contributed by atoms with E-state index in [4.69, 9.17) is 11.6 Å². The number of carbonyl (C=O) groups excluding carboxylic acids is 1. The minimum atomic E-state index is -4.66. The van der Waals surface area contributed by atoms with Gasteiger partial charge in [-0.3, -0.25) is 4.79 Å². The monoisotopic (exact) mass is 382 g/mol. The van der Waals surface area contributed by atoms with E-state index in [1.165, 1.54) is 18.2 Å². The van der Waals surface area contributed by atoms with Crippen LogP contribution in [0.2, 0.25) is 5.02 Å². The molecule has 0 saturated heterocycles. The molecule has 8 heteroatoms. The maximum atomic E-state index is 13.7. The van der Waals surface area contributed by atoms with E-state index in [-0.39, 0.29) is 10.7 Å². The van der Waals surface area contributed by atoms with Crippen molar-refractivity contribution in [1.29, 1.82) is 0 Å². The second-order valence-corrected chi connectivity index (χ2v) is 5.82. The number of carbonyl (C=O) groups is 1. The van der Waals surface area contributed by atoms with Gasteiger partial charge in [0.1, 0.15) is 5.82 Å². The van der Waals surface area contributed by atoms with E-state index in [0.717, 1.165) is 12.4 Å². The number of aromatic amines is 1. The highest BCUT2D eigenvalue weighted by atomic mass is 35.5. The topological polar surface area (TPSA) is 44.9 Å². The van der Waals surface area contributed by atoms with E-state index in [1.807, 2.05) is 0 Å². The summed E-state index contributed by atoms with van der Waals surface area (Å²) >= 11 is 5.67. The lowest BCUT2D eigenvalue weighted by atomic mass is 10.0. The number of rotatable bonds is 3. The lowest BCUT2D eigenvalue weighted by molar-refractivity contribution is -0.137. The van der Waals surface area contributed by atoms with Crippen molar-refractivity contribution in [3.8, 4) is 11.1 Å². The lowest BCUT2D eigenvalue weighted by Crippen LogP contribution is -2.17. The van der Waals surface area contributed by atoms with Crippen molar-refractivity contribution < 1.29 is 22.4 Å². The van der Waals surface area contributed by atoms with Gasteiger partial charge in [0.25, 0.3) is 5.91 Å². The van der Waals surface area contributed by atoms with Crippen molar-refractivity contribution in [2.24, 2.45) is 0 Å². The van der Waals surface area contributed by atoms with Crippen molar-refractivity contribution in [2.45, 2.75) is 6.18 Å². The van der Waals surface area contributed by atoms with E-state index in [0.29, 0.717) is 11.1 Å². The second-order valence-electron chi connectivity index (χ2n) is 5.41. The molecule has 2 N–H and O–H groups in total. The first-order chi connectivity index (χ1) is 12.3. The zero-order valence-corrected chi connectivity index (χ0v) is 13.8. The molecule has 0 aliphatic rings. The molecule has 0 unspecified atom stereocenters. The van der Waals surface area contributed by atoms with E-state index < -0.39 is 29.0 Å². The number of anilines is 1. The van der Waals surface area contributed by atoms with Crippen molar-refractivity contribution in [3.05, 3.63) is 76.8 Å². The Labute approximate surface area is 150 Å². The summed E-state index contributed by atoms with van der Waals surface area (Å²) in [4.78, 5) is 14.6. The first kappa shape index (κ1) is 18.0. The molecule has 0 spiro atoms. The van der Waals surface area contributed by atoms with Crippen molar-refractivity contribution in [1.82, 2.24) is 4.98 Å². The van der Waals surface area contributed by atoms with Crippen LogP contribution >= 0.6 is 11.6 Å². The summed E-state index contributed by atoms with van der Waals surface area (Å²) in [6.45, 7) is 0. The Morgan fingerprint density at radius 3 is 2.50 bits per heavy atom. The van der Waals surface area contributed by atoms with Gasteiger partial charge < -0.3 is 10.3 Å². The van der Waals surface area contributed by atoms with Gasteiger partial charge in [-0.05, 0) is 23.8 Å². The molecule has 0 saturated carbocycles. The predicted molar refractivity (Wildman–Crippen MR) is 90.6 cm³/mol. The Morgan fingerprint density at radius 2 is 1.81 bits per heavy atom. The molecule has 3 rings (SSSR count). The molecule has 1 amide bonds. The average molecular weight is 383 g/mol. The fourth-order valence-electron chi connectivity index (χ4n) is 2.48. The van der Waals surface area contributed by atoms with Gasteiger partial charge in [0.15, 0.2) is 0 Å². The van der Waals surface area contributed by atoms with Crippen LogP contribution in [0.5, 0.6) is 0 Å². The van der Waals surface area contributed by atoms with E-state index in [2.05, 4.69) is 10.3 Å². The third kappa shape index (κ3) is 3.57. The molecule has 1 heterocycles. The number of para-hydroxylation sites is 1. The van der Waals surface area contributed by atoms with Crippen LogP contribution < -0.4 is 5.32 Å². The van der Waals surface area contributed by atoms with Gasteiger partial charge in [0.2, 0.25) is 0 Å². The third-order valence-electron chi connectivity index (χ3n) is 3.70. The van der Waals surface area contributed by atoms with Crippen LogP contribution in [0.4, 0.5) is 23.2 Å². The van der Waals surface area contributed by atoms with Crippen LogP contribution in [-0.2, 0) is 6.18 Å². The number of H-pyrrole nitrogens is 1. The minimum absolute atomic E-state index is 0.0580. The standard InChI is InChI=1S/C18H11ClF4N2O/c19-14-6-5-10(7-15(14)20)11-3-1-2-4-16(11)25-17(26)12-8-24-9-13(12)18(21,22)23/h1-9,24H,(H,25,26). The van der Waals surface area contributed by atoms with E-state index in [1.54, 1.807) is 24.3 Å². The summed E-state index contributed by atoms with van der Waals surface area (Å²) in [5.41, 5.74) is -0.485. The fraction of sp³-hybridized carbons (Fsp3) is 0.0556. The summed E-state index contributed by atoms with van der Waals surface area (Å²) in [6.07, 6.45) is -2.97. The number of hydrogen-bond acceptors (Lipinski definition) is 1. The highest BCUT2D eigenvalue weighted by Crippen LogP contribution is 2.34. The number of aromatic nitrogens is 1. The van der Waals surface area contributed by atoms with Crippen LogP contribution in [0, 0.1) is 5.82 Å². The predicted octanol–water partition coefficient (Wildman–Crippen LogP) is 5.75. The normalized spacial score (nSPS) is 11.4. The molecule has 0 fully saturated rings. The van der Waals surface area contributed by atoms with Gasteiger partial charge in [-0.2, -0.15) is 13.2 Å². The molecule has 26 heavy (non-hydrogen) atoms. The Morgan fingerprint density at radius 1 is 1.08 bits per heavy atom. The Balaban J connectivity index is 1.96. The highest BCUT2D eigenvalue weighted by molar-refractivity contribution is 6.30. The van der Waals surface area contributed by atoms with Gasteiger partial charge in [-0.15, -0.1) is 0 Å². The Kier molecular flexibility index (Phi) is 4.73. The third-order valence-corrected chi connectivity index (χ3v) is 4.01. The summed E-state index contributed by atoms with van der Waals surface area (Å²) in [5, 5.41) is 2.39. The highest BCUT2D eigenvalue weighted by Gasteiger charge is 2.36. The van der Waals surface area contributed by atoms with Crippen molar-refractivity contribution >= 4 is 23.2 Å².